The van der Waals surface area contributed by atoms with E-state index in [9.17, 15) is 8.42 Å². The van der Waals surface area contributed by atoms with E-state index in [1.807, 2.05) is 13.8 Å². The van der Waals surface area contributed by atoms with Gasteiger partial charge < -0.3 is 4.74 Å². The minimum absolute atomic E-state index is 0.423. The Labute approximate surface area is 86.6 Å². The van der Waals surface area contributed by atoms with Gasteiger partial charge in [0.1, 0.15) is 0 Å². The van der Waals surface area contributed by atoms with Crippen LogP contribution in [-0.4, -0.2) is 46.1 Å². The molecule has 0 radical (unpaired) electrons. The monoisotopic (exact) mass is 224 g/mol. The van der Waals surface area contributed by atoms with Crippen molar-refractivity contribution in [1.29, 1.82) is 0 Å². The molecule has 0 unspecified atom stereocenters. The van der Waals surface area contributed by atoms with E-state index in [0.29, 0.717) is 32.7 Å². The first kappa shape index (κ1) is 13.8. The van der Waals surface area contributed by atoms with E-state index < -0.39 is 10.2 Å². The number of nitrogens with zero attached hydrogens (tertiary/aromatic N) is 1. The van der Waals surface area contributed by atoms with Crippen LogP contribution in [0.2, 0.25) is 0 Å². The highest BCUT2D eigenvalue weighted by atomic mass is 32.2. The Hall–Kier alpha value is -0.170. The van der Waals surface area contributed by atoms with E-state index in [2.05, 4.69) is 4.72 Å². The van der Waals surface area contributed by atoms with Crippen molar-refractivity contribution in [3.63, 3.8) is 0 Å². The van der Waals surface area contributed by atoms with Crippen LogP contribution in [0.5, 0.6) is 0 Å². The third-order valence-electron chi connectivity index (χ3n) is 1.86. The van der Waals surface area contributed by atoms with Gasteiger partial charge in [-0.2, -0.15) is 12.7 Å². The molecule has 0 aromatic carbocycles. The maximum Gasteiger partial charge on any atom is 0.279 e. The quantitative estimate of drug-likeness (QED) is 0.599. The number of hydrogen-bond donors (Lipinski definition) is 1. The first-order chi connectivity index (χ1) is 6.58. The minimum Gasteiger partial charge on any atom is -0.385 e. The van der Waals surface area contributed by atoms with Crippen LogP contribution in [0.15, 0.2) is 0 Å². The van der Waals surface area contributed by atoms with Crippen LogP contribution in [0.3, 0.4) is 0 Å². The fraction of sp³-hybridized carbons (Fsp3) is 1.00. The van der Waals surface area contributed by atoms with Crippen LogP contribution in [0.4, 0.5) is 0 Å². The molecule has 0 spiro atoms. The number of nitrogens with one attached hydrogen (secondary N) is 1. The molecule has 0 aromatic rings. The Morgan fingerprint density at radius 1 is 1.29 bits per heavy atom. The van der Waals surface area contributed by atoms with Crippen molar-refractivity contribution in [2.45, 2.75) is 20.3 Å². The largest absolute Gasteiger partial charge is 0.385 e. The lowest BCUT2D eigenvalue weighted by Crippen LogP contribution is -2.41. The molecular weight excluding hydrogens is 204 g/mol. The van der Waals surface area contributed by atoms with Gasteiger partial charge in [-0.3, -0.25) is 0 Å². The summed E-state index contributed by atoms with van der Waals surface area (Å²) in [6.45, 7) is 5.62. The number of hydrogen-bond acceptors (Lipinski definition) is 3. The van der Waals surface area contributed by atoms with E-state index in [1.54, 1.807) is 7.11 Å². The van der Waals surface area contributed by atoms with E-state index in [0.717, 1.165) is 0 Å². The number of rotatable bonds is 8. The third-order valence-corrected chi connectivity index (χ3v) is 3.62. The zero-order chi connectivity index (χ0) is 11.0. The molecule has 0 aliphatic heterocycles. The van der Waals surface area contributed by atoms with E-state index in [-0.39, 0.29) is 0 Å². The Bertz CT molecular complexity index is 225. The van der Waals surface area contributed by atoms with E-state index in [4.69, 9.17) is 4.74 Å². The Morgan fingerprint density at radius 3 is 2.29 bits per heavy atom. The van der Waals surface area contributed by atoms with Gasteiger partial charge in [-0.1, -0.05) is 13.8 Å². The van der Waals surface area contributed by atoms with E-state index in [1.165, 1.54) is 4.31 Å². The number of ether oxygens (including phenoxy) is 1. The van der Waals surface area contributed by atoms with Gasteiger partial charge in [0.2, 0.25) is 0 Å². The smallest absolute Gasteiger partial charge is 0.279 e. The summed E-state index contributed by atoms with van der Waals surface area (Å²) >= 11 is 0. The van der Waals surface area contributed by atoms with Crippen LogP contribution in [0.25, 0.3) is 0 Å². The van der Waals surface area contributed by atoms with Crippen molar-refractivity contribution >= 4 is 10.2 Å². The molecule has 0 bridgehead atoms. The summed E-state index contributed by atoms with van der Waals surface area (Å²) < 4.78 is 31.8. The normalized spacial score (nSPS) is 12.3. The second-order valence-electron chi connectivity index (χ2n) is 2.83. The van der Waals surface area contributed by atoms with Crippen LogP contribution in [0, 0.1) is 0 Å². The van der Waals surface area contributed by atoms with Gasteiger partial charge in [0, 0.05) is 33.4 Å². The molecule has 5 nitrogen and oxygen atoms in total. The molecule has 0 aromatic heterocycles. The molecule has 0 saturated heterocycles. The molecule has 0 saturated carbocycles. The van der Waals surface area contributed by atoms with Crippen molar-refractivity contribution in [3.8, 4) is 0 Å². The van der Waals surface area contributed by atoms with Crippen molar-refractivity contribution in [2.75, 3.05) is 33.4 Å². The van der Waals surface area contributed by atoms with Crippen molar-refractivity contribution in [2.24, 2.45) is 0 Å². The summed E-state index contributed by atoms with van der Waals surface area (Å²) in [6, 6.07) is 0. The molecule has 0 aliphatic carbocycles. The predicted molar refractivity (Wildman–Crippen MR) is 56.3 cm³/mol. The highest BCUT2D eigenvalue weighted by Crippen LogP contribution is 1.96. The molecule has 86 valence electrons. The van der Waals surface area contributed by atoms with Crippen molar-refractivity contribution in [1.82, 2.24) is 9.03 Å². The standard InChI is InChI=1S/C8H20N2O3S/c1-4-10(5-2)14(11,12)9-7-6-8-13-3/h9H,4-8H2,1-3H3. The van der Waals surface area contributed by atoms with E-state index >= 15 is 0 Å². The topological polar surface area (TPSA) is 58.6 Å². The maximum absolute atomic E-state index is 11.5. The second kappa shape index (κ2) is 7.17. The van der Waals surface area contributed by atoms with Gasteiger partial charge in [0.05, 0.1) is 0 Å². The SMILES string of the molecule is CCN(CC)S(=O)(=O)NCCCOC. The molecule has 1 N–H and O–H groups in total. The average molecular weight is 224 g/mol. The van der Waals surface area contributed by atoms with Gasteiger partial charge in [0.25, 0.3) is 10.2 Å². The fourth-order valence-electron chi connectivity index (χ4n) is 1.07. The lowest BCUT2D eigenvalue weighted by Gasteiger charge is -2.18. The summed E-state index contributed by atoms with van der Waals surface area (Å²) in [4.78, 5) is 0. The lowest BCUT2D eigenvalue weighted by molar-refractivity contribution is 0.195. The Kier molecular flexibility index (Phi) is 7.08. The highest BCUT2D eigenvalue weighted by Gasteiger charge is 2.16. The zero-order valence-electron chi connectivity index (χ0n) is 9.12. The molecule has 6 heteroatoms. The van der Waals surface area contributed by atoms with Crippen LogP contribution in [0.1, 0.15) is 20.3 Å². The van der Waals surface area contributed by atoms with Crippen molar-refractivity contribution in [3.05, 3.63) is 0 Å². The second-order valence-corrected chi connectivity index (χ2v) is 4.59. The van der Waals surface area contributed by atoms with Gasteiger partial charge in [-0.25, -0.2) is 4.72 Å². The van der Waals surface area contributed by atoms with Gasteiger partial charge in [0.15, 0.2) is 0 Å². The van der Waals surface area contributed by atoms with Gasteiger partial charge in [-0.05, 0) is 6.42 Å². The first-order valence-corrected chi connectivity index (χ1v) is 6.26. The predicted octanol–water partition coefficient (Wildman–Crippen LogP) is 0.199. The van der Waals surface area contributed by atoms with Crippen LogP contribution >= 0.6 is 0 Å². The Balaban J connectivity index is 3.94. The molecule has 0 heterocycles. The van der Waals surface area contributed by atoms with Crippen molar-refractivity contribution < 1.29 is 13.2 Å². The minimum atomic E-state index is -3.28. The molecule has 0 amide bonds. The van der Waals surface area contributed by atoms with Gasteiger partial charge >= 0.3 is 0 Å². The summed E-state index contributed by atoms with van der Waals surface area (Å²) in [6.07, 6.45) is 0.691. The molecule has 0 rings (SSSR count). The molecule has 0 aliphatic rings. The molecule has 0 atom stereocenters. The zero-order valence-corrected chi connectivity index (χ0v) is 9.93. The van der Waals surface area contributed by atoms with Crippen LogP contribution < -0.4 is 4.72 Å². The average Bonchev–Trinajstić information content (AvgIpc) is 2.14. The first-order valence-electron chi connectivity index (χ1n) is 4.82. The highest BCUT2D eigenvalue weighted by molar-refractivity contribution is 7.87. The maximum atomic E-state index is 11.5. The molecule has 14 heavy (non-hydrogen) atoms. The number of methoxy groups -OCH3 is 1. The van der Waals surface area contributed by atoms with Crippen LogP contribution in [-0.2, 0) is 14.9 Å². The summed E-state index contributed by atoms with van der Waals surface area (Å²) in [5.41, 5.74) is 0. The molecular formula is C8H20N2O3S. The lowest BCUT2D eigenvalue weighted by atomic mass is 10.5. The summed E-state index contributed by atoms with van der Waals surface area (Å²) in [7, 11) is -1.68. The Morgan fingerprint density at radius 2 is 1.86 bits per heavy atom. The fourth-order valence-corrected chi connectivity index (χ4v) is 2.34. The summed E-state index contributed by atoms with van der Waals surface area (Å²) in [5.74, 6) is 0. The third kappa shape index (κ3) is 4.90. The van der Waals surface area contributed by atoms with Gasteiger partial charge in [-0.15, -0.1) is 0 Å². The summed E-state index contributed by atoms with van der Waals surface area (Å²) in [5, 5.41) is 0. The molecule has 0 fully saturated rings.